The van der Waals surface area contributed by atoms with Gasteiger partial charge < -0.3 is 19.8 Å². The van der Waals surface area contributed by atoms with Gasteiger partial charge >= 0.3 is 0 Å². The summed E-state index contributed by atoms with van der Waals surface area (Å²) < 4.78 is 6.07. The van der Waals surface area contributed by atoms with Gasteiger partial charge in [-0.15, -0.1) is 11.8 Å². The number of hydrogen-bond donors (Lipinski definition) is 2. The highest BCUT2D eigenvalue weighted by Gasteiger charge is 2.33. The van der Waals surface area contributed by atoms with E-state index in [0.29, 0.717) is 6.61 Å². The van der Waals surface area contributed by atoms with E-state index in [1.54, 1.807) is 18.2 Å². The second-order valence-corrected chi connectivity index (χ2v) is 9.84. The number of fused-ring (bicyclic) bond motifs is 1. The molecule has 0 saturated carbocycles. The first-order valence-electron chi connectivity index (χ1n) is 11.4. The van der Waals surface area contributed by atoms with Gasteiger partial charge in [0.1, 0.15) is 17.2 Å². The molecule has 4 nitrogen and oxygen atoms in total. The molecular formula is C27H29NO3S. The lowest BCUT2D eigenvalue weighted by atomic mass is 9.76. The van der Waals surface area contributed by atoms with Gasteiger partial charge in [0.15, 0.2) is 0 Å². The third-order valence-electron chi connectivity index (χ3n) is 6.58. The van der Waals surface area contributed by atoms with Crippen molar-refractivity contribution in [2.45, 2.75) is 29.6 Å². The summed E-state index contributed by atoms with van der Waals surface area (Å²) in [7, 11) is 0. The number of rotatable bonds is 6. The van der Waals surface area contributed by atoms with E-state index in [4.69, 9.17) is 4.74 Å². The number of hydrogen-bond acceptors (Lipinski definition) is 5. The van der Waals surface area contributed by atoms with Crippen LogP contribution < -0.4 is 4.74 Å². The van der Waals surface area contributed by atoms with Crippen LogP contribution in [0.1, 0.15) is 41.4 Å². The Morgan fingerprint density at radius 1 is 0.844 bits per heavy atom. The molecular weight excluding hydrogens is 418 g/mol. The van der Waals surface area contributed by atoms with Crippen molar-refractivity contribution < 1.29 is 14.9 Å². The number of phenolic OH excluding ortho intramolecular Hbond substituents is 2. The summed E-state index contributed by atoms with van der Waals surface area (Å²) in [5.74, 6) is 2.61. The zero-order chi connectivity index (χ0) is 21.9. The van der Waals surface area contributed by atoms with Crippen LogP contribution in [0.5, 0.6) is 17.2 Å². The third kappa shape index (κ3) is 4.59. The van der Waals surface area contributed by atoms with Crippen LogP contribution in [-0.4, -0.2) is 47.1 Å². The molecule has 0 spiro atoms. The molecule has 0 radical (unpaired) electrons. The molecule has 0 aliphatic carbocycles. The van der Waals surface area contributed by atoms with Crippen LogP contribution >= 0.6 is 11.8 Å². The molecule has 1 fully saturated rings. The molecule has 2 heterocycles. The lowest BCUT2D eigenvalue weighted by Gasteiger charge is -2.34. The quantitative estimate of drug-likeness (QED) is 0.482. The molecule has 2 aliphatic rings. The van der Waals surface area contributed by atoms with E-state index < -0.39 is 0 Å². The second-order valence-electron chi connectivity index (χ2n) is 8.68. The van der Waals surface area contributed by atoms with Crippen LogP contribution in [-0.2, 0) is 0 Å². The molecule has 0 amide bonds. The van der Waals surface area contributed by atoms with E-state index in [2.05, 4.69) is 29.2 Å². The Hall–Kier alpha value is -2.63. The Balaban J connectivity index is 1.40. The second kappa shape index (κ2) is 9.47. The van der Waals surface area contributed by atoms with E-state index in [9.17, 15) is 10.2 Å². The van der Waals surface area contributed by atoms with Crippen molar-refractivity contribution >= 4 is 11.8 Å². The van der Waals surface area contributed by atoms with Gasteiger partial charge in [-0.25, -0.2) is 0 Å². The minimum atomic E-state index is 0.0686. The van der Waals surface area contributed by atoms with Crippen LogP contribution in [0.3, 0.4) is 0 Å². The molecule has 3 aromatic carbocycles. The number of nitrogens with zero attached hydrogens (tertiary/aromatic N) is 1. The van der Waals surface area contributed by atoms with Gasteiger partial charge in [-0.05, 0) is 79.5 Å². The molecule has 166 valence electrons. The molecule has 0 aromatic heterocycles. The first kappa shape index (κ1) is 21.2. The monoisotopic (exact) mass is 447 g/mol. The van der Waals surface area contributed by atoms with E-state index in [0.717, 1.165) is 29.2 Å². The first-order chi connectivity index (χ1) is 15.7. The average molecular weight is 448 g/mol. The van der Waals surface area contributed by atoms with E-state index in [1.165, 1.54) is 36.4 Å². The summed E-state index contributed by atoms with van der Waals surface area (Å²) in [6, 6.07) is 21.6. The lowest BCUT2D eigenvalue weighted by molar-refractivity contribution is 0.248. The number of phenols is 2. The SMILES string of the molecule is Oc1ccc(C2COc3ccc(O)cc3C2c2ccc(SCCN3CCCC3)cc2)cc1. The number of likely N-dealkylation sites (tertiary alicyclic amines) is 1. The van der Waals surface area contributed by atoms with Crippen LogP contribution in [0, 0.1) is 0 Å². The van der Waals surface area contributed by atoms with Crippen molar-refractivity contribution in [3.63, 3.8) is 0 Å². The van der Waals surface area contributed by atoms with E-state index >= 15 is 0 Å². The molecule has 5 rings (SSSR count). The zero-order valence-corrected chi connectivity index (χ0v) is 18.9. The third-order valence-corrected chi connectivity index (χ3v) is 7.58. The van der Waals surface area contributed by atoms with Crippen LogP contribution in [0.2, 0.25) is 0 Å². The van der Waals surface area contributed by atoms with Gasteiger partial charge in [0, 0.05) is 34.6 Å². The van der Waals surface area contributed by atoms with Gasteiger partial charge in [-0.2, -0.15) is 0 Å². The van der Waals surface area contributed by atoms with Crippen molar-refractivity contribution in [1.82, 2.24) is 4.90 Å². The van der Waals surface area contributed by atoms with Gasteiger partial charge in [0.05, 0.1) is 6.61 Å². The Morgan fingerprint density at radius 3 is 2.28 bits per heavy atom. The average Bonchev–Trinajstić information content (AvgIpc) is 3.33. The zero-order valence-electron chi connectivity index (χ0n) is 18.1. The van der Waals surface area contributed by atoms with Crippen molar-refractivity contribution in [3.8, 4) is 17.2 Å². The van der Waals surface area contributed by atoms with Crippen molar-refractivity contribution in [2.75, 3.05) is 32.0 Å². The maximum absolute atomic E-state index is 10.2. The molecule has 2 aliphatic heterocycles. The highest BCUT2D eigenvalue weighted by Crippen LogP contribution is 2.47. The fraction of sp³-hybridized carbons (Fsp3) is 0.333. The van der Waals surface area contributed by atoms with Crippen LogP contribution in [0.25, 0.3) is 0 Å². The van der Waals surface area contributed by atoms with Crippen molar-refractivity contribution in [2.24, 2.45) is 0 Å². The number of aromatic hydroxyl groups is 2. The molecule has 0 bridgehead atoms. The predicted molar refractivity (Wildman–Crippen MR) is 129 cm³/mol. The van der Waals surface area contributed by atoms with Gasteiger partial charge in [-0.3, -0.25) is 0 Å². The van der Waals surface area contributed by atoms with E-state index in [1.807, 2.05) is 36.0 Å². The molecule has 2 unspecified atom stereocenters. The summed E-state index contributed by atoms with van der Waals surface area (Å²) in [4.78, 5) is 3.84. The maximum Gasteiger partial charge on any atom is 0.123 e. The standard InChI is InChI=1S/C27H29NO3S/c29-21-7-3-19(4-8-21)25-18-31-26-12-9-22(30)17-24(26)27(25)20-5-10-23(11-6-20)32-16-15-28-13-1-2-14-28/h3-12,17,25,27,29-30H,1-2,13-16,18H2. The van der Waals surface area contributed by atoms with Gasteiger partial charge in [0.25, 0.3) is 0 Å². The summed E-state index contributed by atoms with van der Waals surface area (Å²) >= 11 is 1.92. The fourth-order valence-corrected chi connectivity index (χ4v) is 5.81. The number of thioether (sulfide) groups is 1. The van der Waals surface area contributed by atoms with Crippen molar-refractivity contribution in [1.29, 1.82) is 0 Å². The summed E-state index contributed by atoms with van der Waals surface area (Å²) in [5.41, 5.74) is 3.33. The molecule has 32 heavy (non-hydrogen) atoms. The number of benzene rings is 3. The number of ether oxygens (including phenoxy) is 1. The smallest absolute Gasteiger partial charge is 0.123 e. The summed E-state index contributed by atoms with van der Waals surface area (Å²) in [6.45, 7) is 4.20. The normalized spacial score (nSPS) is 20.6. The molecule has 3 aromatic rings. The highest BCUT2D eigenvalue weighted by molar-refractivity contribution is 7.99. The Kier molecular flexibility index (Phi) is 6.28. The topological polar surface area (TPSA) is 52.9 Å². The summed E-state index contributed by atoms with van der Waals surface area (Å²) in [5, 5.41) is 19.9. The highest BCUT2D eigenvalue weighted by atomic mass is 32.2. The molecule has 2 atom stereocenters. The Labute approximate surface area is 193 Å². The molecule has 1 saturated heterocycles. The van der Waals surface area contributed by atoms with Gasteiger partial charge in [-0.1, -0.05) is 24.3 Å². The minimum Gasteiger partial charge on any atom is -0.508 e. The minimum absolute atomic E-state index is 0.0686. The first-order valence-corrected chi connectivity index (χ1v) is 12.4. The Bertz CT molecular complexity index is 1050. The fourth-order valence-electron chi connectivity index (χ4n) is 4.90. The lowest BCUT2D eigenvalue weighted by Crippen LogP contribution is -2.25. The largest absolute Gasteiger partial charge is 0.508 e. The van der Waals surface area contributed by atoms with Crippen LogP contribution in [0.4, 0.5) is 0 Å². The van der Waals surface area contributed by atoms with Gasteiger partial charge in [0.2, 0.25) is 0 Å². The molecule has 5 heteroatoms. The maximum atomic E-state index is 10.2. The Morgan fingerprint density at radius 2 is 1.53 bits per heavy atom. The van der Waals surface area contributed by atoms with E-state index in [-0.39, 0.29) is 23.3 Å². The van der Waals surface area contributed by atoms with Crippen LogP contribution in [0.15, 0.2) is 71.6 Å². The summed E-state index contributed by atoms with van der Waals surface area (Å²) in [6.07, 6.45) is 2.67. The van der Waals surface area contributed by atoms with Crippen molar-refractivity contribution in [3.05, 3.63) is 83.4 Å². The predicted octanol–water partition coefficient (Wildman–Crippen LogP) is 5.59. The molecule has 2 N–H and O–H groups in total.